The molecular weight excluding hydrogens is 394 g/mol. The second-order valence-electron chi connectivity index (χ2n) is 7.38. The van der Waals surface area contributed by atoms with E-state index in [0.717, 1.165) is 21.3 Å². The van der Waals surface area contributed by atoms with E-state index in [4.69, 9.17) is 9.47 Å². The first kappa shape index (κ1) is 18.8. The van der Waals surface area contributed by atoms with E-state index in [9.17, 15) is 4.79 Å². The van der Waals surface area contributed by atoms with E-state index in [2.05, 4.69) is 21.2 Å². The van der Waals surface area contributed by atoms with Crippen molar-refractivity contribution >= 4 is 21.8 Å². The van der Waals surface area contributed by atoms with E-state index in [1.54, 1.807) is 6.92 Å². The molecule has 0 aliphatic carbocycles. The van der Waals surface area contributed by atoms with Crippen molar-refractivity contribution in [2.45, 2.75) is 51.9 Å². The van der Waals surface area contributed by atoms with Gasteiger partial charge in [0.05, 0.1) is 6.04 Å². The zero-order valence-electron chi connectivity index (χ0n) is 15.5. The number of nitrogens with one attached hydrogen (secondary N) is 1. The van der Waals surface area contributed by atoms with Crippen LogP contribution in [0.1, 0.15) is 44.4 Å². The molecule has 0 spiro atoms. The third-order valence-electron chi connectivity index (χ3n) is 4.44. The van der Waals surface area contributed by atoms with Gasteiger partial charge in [-0.25, -0.2) is 0 Å². The Morgan fingerprint density at radius 1 is 1.27 bits per heavy atom. The number of aryl methyl sites for hydroxylation is 1. The lowest BCUT2D eigenvalue weighted by Crippen LogP contribution is -2.44. The third-order valence-corrected chi connectivity index (χ3v) is 4.97. The summed E-state index contributed by atoms with van der Waals surface area (Å²) in [7, 11) is 0. The minimum atomic E-state index is -0.587. The molecule has 0 saturated heterocycles. The Morgan fingerprint density at radius 2 is 1.96 bits per heavy atom. The molecule has 5 heteroatoms. The fourth-order valence-corrected chi connectivity index (χ4v) is 3.41. The van der Waals surface area contributed by atoms with Gasteiger partial charge in [-0.1, -0.05) is 28.1 Å². The molecule has 138 valence electrons. The van der Waals surface area contributed by atoms with Crippen LogP contribution in [0, 0.1) is 6.92 Å². The molecule has 1 aliphatic rings. The van der Waals surface area contributed by atoms with Gasteiger partial charge in [0.15, 0.2) is 6.10 Å². The Kier molecular flexibility index (Phi) is 5.28. The second kappa shape index (κ2) is 7.31. The molecule has 3 rings (SSSR count). The van der Waals surface area contributed by atoms with E-state index in [1.807, 2.05) is 63.2 Å². The Balaban J connectivity index is 1.73. The number of carbonyl (C=O) groups is 1. The topological polar surface area (TPSA) is 47.6 Å². The first-order chi connectivity index (χ1) is 12.2. The predicted octanol–water partition coefficient (Wildman–Crippen LogP) is 4.94. The molecule has 1 aliphatic heterocycles. The van der Waals surface area contributed by atoms with E-state index < -0.39 is 6.10 Å². The summed E-state index contributed by atoms with van der Waals surface area (Å²) < 4.78 is 12.8. The van der Waals surface area contributed by atoms with Gasteiger partial charge < -0.3 is 14.8 Å². The SMILES string of the molecule is Cc1ccc2c(c1)OC(C)(C)C[C@@H]2NC(=O)[C@@H](C)Oc1ccc(Br)cc1. The molecule has 0 unspecified atom stereocenters. The number of hydrogen-bond acceptors (Lipinski definition) is 3. The summed E-state index contributed by atoms with van der Waals surface area (Å²) in [5, 5.41) is 3.13. The quantitative estimate of drug-likeness (QED) is 0.765. The van der Waals surface area contributed by atoms with Crippen molar-refractivity contribution in [1.82, 2.24) is 5.32 Å². The zero-order valence-corrected chi connectivity index (χ0v) is 17.1. The highest BCUT2D eigenvalue weighted by Crippen LogP contribution is 2.39. The predicted molar refractivity (Wildman–Crippen MR) is 106 cm³/mol. The lowest BCUT2D eigenvalue weighted by molar-refractivity contribution is -0.128. The van der Waals surface area contributed by atoms with Crippen LogP contribution in [0.5, 0.6) is 11.5 Å². The van der Waals surface area contributed by atoms with Crippen LogP contribution in [0.25, 0.3) is 0 Å². The first-order valence-corrected chi connectivity index (χ1v) is 9.55. The number of hydrogen-bond donors (Lipinski definition) is 1. The number of halogens is 1. The van der Waals surface area contributed by atoms with Crippen molar-refractivity contribution in [3.05, 3.63) is 58.1 Å². The van der Waals surface area contributed by atoms with Crippen LogP contribution >= 0.6 is 15.9 Å². The number of amides is 1. The lowest BCUT2D eigenvalue weighted by atomic mass is 9.89. The van der Waals surface area contributed by atoms with Gasteiger partial charge in [0, 0.05) is 16.5 Å². The summed E-state index contributed by atoms with van der Waals surface area (Å²) in [5.74, 6) is 1.37. The largest absolute Gasteiger partial charge is 0.487 e. The molecule has 2 atom stereocenters. The maximum atomic E-state index is 12.7. The minimum Gasteiger partial charge on any atom is -0.487 e. The maximum absolute atomic E-state index is 12.7. The van der Waals surface area contributed by atoms with E-state index in [0.29, 0.717) is 12.2 Å². The molecule has 1 heterocycles. The maximum Gasteiger partial charge on any atom is 0.261 e. The normalized spacial score (nSPS) is 19.0. The lowest BCUT2D eigenvalue weighted by Gasteiger charge is -2.38. The molecule has 0 bridgehead atoms. The van der Waals surface area contributed by atoms with Gasteiger partial charge in [-0.05, 0) is 63.6 Å². The number of fused-ring (bicyclic) bond motifs is 1. The van der Waals surface area contributed by atoms with Crippen LogP contribution in [-0.2, 0) is 4.79 Å². The summed E-state index contributed by atoms with van der Waals surface area (Å²) in [6, 6.07) is 13.5. The minimum absolute atomic E-state index is 0.0992. The highest BCUT2D eigenvalue weighted by molar-refractivity contribution is 9.10. The first-order valence-electron chi connectivity index (χ1n) is 8.76. The van der Waals surface area contributed by atoms with Gasteiger partial charge in [-0.2, -0.15) is 0 Å². The van der Waals surface area contributed by atoms with Crippen LogP contribution in [0.3, 0.4) is 0 Å². The van der Waals surface area contributed by atoms with Crippen LogP contribution in [0.4, 0.5) is 0 Å². The summed E-state index contributed by atoms with van der Waals surface area (Å²) >= 11 is 3.39. The van der Waals surface area contributed by atoms with Crippen molar-refractivity contribution in [1.29, 1.82) is 0 Å². The van der Waals surface area contributed by atoms with Crippen molar-refractivity contribution < 1.29 is 14.3 Å². The average Bonchev–Trinajstić information content (AvgIpc) is 2.55. The van der Waals surface area contributed by atoms with Gasteiger partial charge in [-0.3, -0.25) is 4.79 Å². The standard InChI is InChI=1S/C21H24BrNO3/c1-13-5-10-17-18(12-21(3,4)26-19(17)11-13)23-20(24)14(2)25-16-8-6-15(22)7-9-16/h5-11,14,18H,12H2,1-4H3,(H,23,24)/t14-,18+/m1/s1. The van der Waals surface area contributed by atoms with Crippen molar-refractivity contribution in [3.8, 4) is 11.5 Å². The van der Waals surface area contributed by atoms with Gasteiger partial charge in [-0.15, -0.1) is 0 Å². The number of ether oxygens (including phenoxy) is 2. The molecular formula is C21H24BrNO3. The Labute approximate surface area is 163 Å². The van der Waals surface area contributed by atoms with Gasteiger partial charge >= 0.3 is 0 Å². The van der Waals surface area contributed by atoms with E-state index in [1.165, 1.54) is 0 Å². The fourth-order valence-electron chi connectivity index (χ4n) is 3.15. The Bertz CT molecular complexity index is 801. The fraction of sp³-hybridized carbons (Fsp3) is 0.381. The summed E-state index contributed by atoms with van der Waals surface area (Å²) in [6.07, 6.45) is 0.121. The van der Waals surface area contributed by atoms with Crippen molar-refractivity contribution in [2.24, 2.45) is 0 Å². The molecule has 2 aromatic carbocycles. The Morgan fingerprint density at radius 3 is 2.65 bits per heavy atom. The van der Waals surface area contributed by atoms with Crippen molar-refractivity contribution in [2.75, 3.05) is 0 Å². The molecule has 0 radical (unpaired) electrons. The Hall–Kier alpha value is -2.01. The van der Waals surface area contributed by atoms with Crippen molar-refractivity contribution in [3.63, 3.8) is 0 Å². The van der Waals surface area contributed by atoms with E-state index in [-0.39, 0.29) is 17.6 Å². The number of carbonyl (C=O) groups excluding carboxylic acids is 1. The summed E-state index contributed by atoms with van der Waals surface area (Å²) in [6.45, 7) is 7.88. The molecule has 0 aromatic heterocycles. The highest BCUT2D eigenvalue weighted by atomic mass is 79.9. The smallest absolute Gasteiger partial charge is 0.261 e. The van der Waals surface area contributed by atoms with Crippen LogP contribution < -0.4 is 14.8 Å². The third kappa shape index (κ3) is 4.39. The monoisotopic (exact) mass is 417 g/mol. The van der Waals surface area contributed by atoms with Crippen LogP contribution in [-0.4, -0.2) is 17.6 Å². The molecule has 4 nitrogen and oxygen atoms in total. The summed E-state index contributed by atoms with van der Waals surface area (Å²) in [4.78, 5) is 12.7. The summed E-state index contributed by atoms with van der Waals surface area (Å²) in [5.41, 5.74) is 1.81. The molecule has 26 heavy (non-hydrogen) atoms. The van der Waals surface area contributed by atoms with Crippen LogP contribution in [0.2, 0.25) is 0 Å². The molecule has 2 aromatic rings. The van der Waals surface area contributed by atoms with Crippen LogP contribution in [0.15, 0.2) is 46.9 Å². The van der Waals surface area contributed by atoms with Gasteiger partial charge in [0.25, 0.3) is 5.91 Å². The average molecular weight is 418 g/mol. The number of rotatable bonds is 4. The van der Waals surface area contributed by atoms with Gasteiger partial charge in [0.1, 0.15) is 17.1 Å². The molecule has 0 fully saturated rings. The molecule has 0 saturated carbocycles. The second-order valence-corrected chi connectivity index (χ2v) is 8.30. The zero-order chi connectivity index (χ0) is 18.9. The van der Waals surface area contributed by atoms with Gasteiger partial charge in [0.2, 0.25) is 0 Å². The highest BCUT2D eigenvalue weighted by Gasteiger charge is 2.35. The molecule has 1 amide bonds. The number of benzene rings is 2. The molecule has 1 N–H and O–H groups in total. The van der Waals surface area contributed by atoms with E-state index >= 15 is 0 Å².